The summed E-state index contributed by atoms with van der Waals surface area (Å²) < 4.78 is 18.1. The number of halogens is 1. The van der Waals surface area contributed by atoms with Crippen molar-refractivity contribution in [1.82, 2.24) is 15.5 Å². The van der Waals surface area contributed by atoms with Gasteiger partial charge in [0.15, 0.2) is 0 Å². The Hall–Kier alpha value is -2.64. The number of ether oxygens (including phenoxy) is 1. The molecule has 0 aliphatic carbocycles. The van der Waals surface area contributed by atoms with Crippen LogP contribution in [0.5, 0.6) is 0 Å². The van der Waals surface area contributed by atoms with Crippen molar-refractivity contribution in [1.29, 1.82) is 0 Å². The van der Waals surface area contributed by atoms with Crippen LogP contribution in [0.15, 0.2) is 24.3 Å². The van der Waals surface area contributed by atoms with Crippen molar-refractivity contribution >= 4 is 17.9 Å². The van der Waals surface area contributed by atoms with Crippen LogP contribution in [0.4, 0.5) is 9.18 Å². The minimum absolute atomic E-state index is 0.00806. The summed E-state index contributed by atoms with van der Waals surface area (Å²) >= 11 is 0. The van der Waals surface area contributed by atoms with E-state index in [2.05, 4.69) is 10.6 Å². The number of amides is 3. The molecule has 1 heterocycles. The summed E-state index contributed by atoms with van der Waals surface area (Å²) in [6.45, 7) is 6.56. The largest absolute Gasteiger partial charge is 0.444 e. The SMILES string of the molecule is CC(C)(C)OC(=O)NCCC(=O)NC1CCN(C(=O)c2ccc(F)cc2)CC1. The van der Waals surface area contributed by atoms with Gasteiger partial charge in [-0.05, 0) is 57.9 Å². The van der Waals surface area contributed by atoms with Gasteiger partial charge in [0.2, 0.25) is 5.91 Å². The first kappa shape index (κ1) is 21.7. The second kappa shape index (κ2) is 9.52. The Bertz CT molecular complexity index is 692. The van der Waals surface area contributed by atoms with Crippen LogP contribution in [0.3, 0.4) is 0 Å². The molecule has 0 bridgehead atoms. The van der Waals surface area contributed by atoms with Crippen LogP contribution >= 0.6 is 0 Å². The molecule has 1 aromatic rings. The van der Waals surface area contributed by atoms with E-state index in [1.165, 1.54) is 24.3 Å². The molecule has 2 rings (SSSR count). The highest BCUT2D eigenvalue weighted by atomic mass is 19.1. The van der Waals surface area contributed by atoms with Gasteiger partial charge in [-0.25, -0.2) is 9.18 Å². The van der Waals surface area contributed by atoms with Crippen LogP contribution in [0.2, 0.25) is 0 Å². The highest BCUT2D eigenvalue weighted by Gasteiger charge is 2.24. The highest BCUT2D eigenvalue weighted by Crippen LogP contribution is 2.14. The second-order valence-corrected chi connectivity index (χ2v) is 7.82. The summed E-state index contributed by atoms with van der Waals surface area (Å²) in [5.74, 6) is -0.662. The quantitative estimate of drug-likeness (QED) is 0.804. The molecule has 8 heteroatoms. The molecule has 154 valence electrons. The maximum absolute atomic E-state index is 13.0. The number of carbonyl (C=O) groups is 3. The molecular weight excluding hydrogens is 365 g/mol. The van der Waals surface area contributed by atoms with Gasteiger partial charge in [0, 0.05) is 37.7 Å². The van der Waals surface area contributed by atoms with E-state index in [-0.39, 0.29) is 36.6 Å². The summed E-state index contributed by atoms with van der Waals surface area (Å²) in [6, 6.07) is 5.48. The topological polar surface area (TPSA) is 87.7 Å². The molecule has 0 spiro atoms. The number of hydrogen-bond donors (Lipinski definition) is 2. The van der Waals surface area contributed by atoms with Crippen LogP contribution in [0.25, 0.3) is 0 Å². The normalized spacial score (nSPS) is 15.1. The molecule has 0 atom stereocenters. The van der Waals surface area contributed by atoms with Gasteiger partial charge >= 0.3 is 6.09 Å². The van der Waals surface area contributed by atoms with Gasteiger partial charge in [0.1, 0.15) is 11.4 Å². The Kier molecular flexibility index (Phi) is 7.37. The fourth-order valence-electron chi connectivity index (χ4n) is 2.89. The van der Waals surface area contributed by atoms with Crippen molar-refractivity contribution in [2.75, 3.05) is 19.6 Å². The van der Waals surface area contributed by atoms with Crippen LogP contribution in [-0.4, -0.2) is 54.1 Å². The van der Waals surface area contributed by atoms with E-state index in [0.717, 1.165) is 0 Å². The van der Waals surface area contributed by atoms with Gasteiger partial charge in [-0.15, -0.1) is 0 Å². The van der Waals surface area contributed by atoms with E-state index >= 15 is 0 Å². The van der Waals surface area contributed by atoms with Gasteiger partial charge < -0.3 is 20.3 Å². The van der Waals surface area contributed by atoms with E-state index in [1.54, 1.807) is 25.7 Å². The molecule has 2 N–H and O–H groups in total. The molecule has 3 amide bonds. The van der Waals surface area contributed by atoms with E-state index in [1.807, 2.05) is 0 Å². The number of benzene rings is 1. The fraction of sp³-hybridized carbons (Fsp3) is 0.550. The third kappa shape index (κ3) is 7.17. The Morgan fingerprint density at radius 2 is 1.75 bits per heavy atom. The number of hydrogen-bond acceptors (Lipinski definition) is 4. The van der Waals surface area contributed by atoms with Crippen molar-refractivity contribution in [2.24, 2.45) is 0 Å². The highest BCUT2D eigenvalue weighted by molar-refractivity contribution is 5.94. The zero-order valence-electron chi connectivity index (χ0n) is 16.6. The molecular formula is C20H28FN3O4. The minimum atomic E-state index is -0.578. The first-order valence-corrected chi connectivity index (χ1v) is 9.45. The number of likely N-dealkylation sites (tertiary alicyclic amines) is 1. The summed E-state index contributed by atoms with van der Waals surface area (Å²) in [5, 5.41) is 5.48. The molecule has 0 unspecified atom stereocenters. The number of rotatable bonds is 5. The molecule has 1 fully saturated rings. The lowest BCUT2D eigenvalue weighted by Gasteiger charge is -2.32. The van der Waals surface area contributed by atoms with Gasteiger partial charge in [0.05, 0.1) is 0 Å². The Morgan fingerprint density at radius 3 is 2.32 bits per heavy atom. The predicted molar refractivity (Wildman–Crippen MR) is 102 cm³/mol. The Labute approximate surface area is 164 Å². The lowest BCUT2D eigenvalue weighted by molar-refractivity contribution is -0.121. The molecule has 1 aliphatic rings. The summed E-state index contributed by atoms with van der Waals surface area (Å²) in [7, 11) is 0. The number of nitrogens with zero attached hydrogens (tertiary/aromatic N) is 1. The van der Waals surface area contributed by atoms with Crippen LogP contribution in [-0.2, 0) is 9.53 Å². The van der Waals surface area contributed by atoms with Crippen molar-refractivity contribution < 1.29 is 23.5 Å². The lowest BCUT2D eigenvalue weighted by Crippen LogP contribution is -2.47. The standard InChI is InChI=1S/C20H28FN3O4/c1-20(2,3)28-19(27)22-11-8-17(25)23-16-9-12-24(13-10-16)18(26)14-4-6-15(21)7-5-14/h4-7,16H,8-13H2,1-3H3,(H,22,27)(H,23,25). The van der Waals surface area contributed by atoms with Gasteiger partial charge in [-0.1, -0.05) is 0 Å². The zero-order chi connectivity index (χ0) is 20.7. The zero-order valence-corrected chi connectivity index (χ0v) is 16.6. The Balaban J connectivity index is 1.67. The number of carbonyl (C=O) groups excluding carboxylic acids is 3. The summed E-state index contributed by atoms with van der Waals surface area (Å²) in [4.78, 5) is 37.7. The average Bonchev–Trinajstić information content (AvgIpc) is 2.61. The minimum Gasteiger partial charge on any atom is -0.444 e. The average molecular weight is 393 g/mol. The maximum Gasteiger partial charge on any atom is 0.407 e. The smallest absolute Gasteiger partial charge is 0.407 e. The fourth-order valence-corrected chi connectivity index (χ4v) is 2.89. The van der Waals surface area contributed by atoms with Crippen molar-refractivity contribution in [3.05, 3.63) is 35.6 Å². The number of nitrogens with one attached hydrogen (secondary N) is 2. The molecule has 7 nitrogen and oxygen atoms in total. The van der Waals surface area contributed by atoms with Gasteiger partial charge in [-0.3, -0.25) is 9.59 Å². The van der Waals surface area contributed by atoms with E-state index in [0.29, 0.717) is 31.5 Å². The predicted octanol–water partition coefficient (Wildman–Crippen LogP) is 2.46. The number of alkyl carbamates (subject to hydrolysis) is 1. The molecule has 1 saturated heterocycles. The van der Waals surface area contributed by atoms with Crippen LogP contribution in [0.1, 0.15) is 50.4 Å². The third-order valence-electron chi connectivity index (χ3n) is 4.26. The van der Waals surface area contributed by atoms with Gasteiger partial charge in [-0.2, -0.15) is 0 Å². The molecule has 0 aromatic heterocycles. The first-order valence-electron chi connectivity index (χ1n) is 9.45. The van der Waals surface area contributed by atoms with E-state index < -0.39 is 11.7 Å². The summed E-state index contributed by atoms with van der Waals surface area (Å²) in [5.41, 5.74) is -0.122. The molecule has 28 heavy (non-hydrogen) atoms. The molecule has 0 saturated carbocycles. The summed E-state index contributed by atoms with van der Waals surface area (Å²) in [6.07, 6.45) is 0.914. The lowest BCUT2D eigenvalue weighted by atomic mass is 10.0. The van der Waals surface area contributed by atoms with Gasteiger partial charge in [0.25, 0.3) is 5.91 Å². The van der Waals surface area contributed by atoms with Crippen LogP contribution < -0.4 is 10.6 Å². The molecule has 1 aliphatic heterocycles. The Morgan fingerprint density at radius 1 is 1.14 bits per heavy atom. The van der Waals surface area contributed by atoms with E-state index in [4.69, 9.17) is 4.74 Å². The van der Waals surface area contributed by atoms with Crippen LogP contribution in [0, 0.1) is 5.82 Å². The second-order valence-electron chi connectivity index (χ2n) is 7.82. The molecule has 0 radical (unpaired) electrons. The monoisotopic (exact) mass is 393 g/mol. The van der Waals surface area contributed by atoms with Crippen molar-refractivity contribution in [2.45, 2.75) is 51.7 Å². The molecule has 1 aromatic carbocycles. The third-order valence-corrected chi connectivity index (χ3v) is 4.26. The van der Waals surface area contributed by atoms with E-state index in [9.17, 15) is 18.8 Å². The first-order chi connectivity index (χ1) is 13.1. The maximum atomic E-state index is 13.0. The van der Waals surface area contributed by atoms with Crippen molar-refractivity contribution in [3.8, 4) is 0 Å². The van der Waals surface area contributed by atoms with Crippen molar-refractivity contribution in [3.63, 3.8) is 0 Å². The number of piperidine rings is 1.